The van der Waals surface area contributed by atoms with Crippen molar-refractivity contribution < 1.29 is 73.4 Å². The van der Waals surface area contributed by atoms with Crippen LogP contribution < -0.4 is 0 Å². The summed E-state index contributed by atoms with van der Waals surface area (Å²) in [6.45, 7) is 8.52. The first-order chi connectivity index (χ1) is 22.2. The second-order valence-electron chi connectivity index (χ2n) is 14.8. The summed E-state index contributed by atoms with van der Waals surface area (Å²) < 4.78 is 93.5. The molecule has 4 saturated carbocycles. The van der Waals surface area contributed by atoms with Crippen LogP contribution in [0.3, 0.4) is 0 Å². The fourth-order valence-corrected chi connectivity index (χ4v) is 10.8. The van der Waals surface area contributed by atoms with Crippen LogP contribution in [0.1, 0.15) is 72.1 Å². The Morgan fingerprint density at radius 2 is 1.67 bits per heavy atom. The van der Waals surface area contributed by atoms with Crippen LogP contribution in [0, 0.1) is 40.4 Å². The van der Waals surface area contributed by atoms with Crippen molar-refractivity contribution >= 4 is 32.7 Å². The van der Waals surface area contributed by atoms with E-state index in [1.54, 1.807) is 13.8 Å². The maximum Gasteiger partial charge on any atom is 0.397 e. The normalized spacial score (nSPS) is 43.0. The lowest BCUT2D eigenvalue weighted by molar-refractivity contribution is -0.316. The van der Waals surface area contributed by atoms with Gasteiger partial charge in [0.25, 0.3) is 0 Å². The van der Waals surface area contributed by atoms with Crippen molar-refractivity contribution in [2.75, 3.05) is 6.61 Å². The number of ether oxygens (including phenoxy) is 3. The smallest absolute Gasteiger partial charge is 0.397 e. The second-order valence-corrected chi connectivity index (χ2v) is 16.9. The fraction of sp³-hybridized carbons (Fsp3) is 0.867. The van der Waals surface area contributed by atoms with Crippen LogP contribution in [0.25, 0.3) is 0 Å². The van der Waals surface area contributed by atoms with E-state index in [4.69, 9.17) is 18.4 Å². The molecule has 48 heavy (non-hydrogen) atoms. The minimum Gasteiger partial charge on any atom is -0.481 e. The lowest BCUT2D eigenvalue weighted by Crippen LogP contribution is -2.64. The Balaban J connectivity index is 1.51. The van der Waals surface area contributed by atoms with Crippen molar-refractivity contribution in [2.24, 2.45) is 40.4 Å². The van der Waals surface area contributed by atoms with Crippen LogP contribution in [0.5, 0.6) is 0 Å². The van der Waals surface area contributed by atoms with Gasteiger partial charge >= 0.3 is 32.7 Å². The molecule has 2 bridgehead atoms. The number of hydrogen-bond acceptors (Lipinski definition) is 13. The van der Waals surface area contributed by atoms with Crippen molar-refractivity contribution in [1.82, 2.24) is 0 Å². The molecule has 1 saturated heterocycles. The topological polar surface area (TPSA) is 250 Å². The number of rotatable bonds is 11. The first kappa shape index (κ1) is 37.5. The van der Waals surface area contributed by atoms with Gasteiger partial charge in [0, 0.05) is 11.8 Å². The highest BCUT2D eigenvalue weighted by Crippen LogP contribution is 2.70. The predicted molar refractivity (Wildman–Crippen MR) is 162 cm³/mol. The number of esters is 1. The molecule has 16 nitrogen and oxygen atoms in total. The SMILES string of the molecule is C=C1[C@H]2CC[C@H]3[C@]4(C)C[C@@H](O[C@H]5O[C@@H](CO)[C@H](OS(=O)(=O)O)[C@@H](OS(=O)(=O)O)[C@@H]5OC(=O)CC(C)C)C[C@H](C(=O)O)[C@@H]4CC[C@]3(C2)[C@H]1O. The van der Waals surface area contributed by atoms with E-state index in [0.717, 1.165) is 24.8 Å². The zero-order valence-corrected chi connectivity index (χ0v) is 28.7. The summed E-state index contributed by atoms with van der Waals surface area (Å²) in [4.78, 5) is 25.7. The Bertz CT molecular complexity index is 1480. The molecule has 1 heterocycles. The van der Waals surface area contributed by atoms with Crippen molar-refractivity contribution in [1.29, 1.82) is 0 Å². The zero-order valence-electron chi connectivity index (χ0n) is 27.0. The lowest BCUT2D eigenvalue weighted by Gasteiger charge is -2.62. The van der Waals surface area contributed by atoms with E-state index >= 15 is 0 Å². The first-order valence-corrected chi connectivity index (χ1v) is 18.9. The van der Waals surface area contributed by atoms with Gasteiger partial charge in [0.15, 0.2) is 18.5 Å². The molecule has 0 aromatic carbocycles. The highest BCUT2D eigenvalue weighted by Gasteiger charge is 2.67. The maximum absolute atomic E-state index is 12.9. The number of aliphatic hydroxyl groups excluding tert-OH is 2. The van der Waals surface area contributed by atoms with E-state index in [-0.39, 0.29) is 42.9 Å². The summed E-state index contributed by atoms with van der Waals surface area (Å²) in [5.74, 6) is -3.25. The third kappa shape index (κ3) is 7.20. The highest BCUT2D eigenvalue weighted by atomic mass is 32.3. The Morgan fingerprint density at radius 3 is 2.25 bits per heavy atom. The van der Waals surface area contributed by atoms with Crippen LogP contribution in [-0.4, -0.2) is 103 Å². The van der Waals surface area contributed by atoms with Gasteiger partial charge in [-0.1, -0.05) is 27.4 Å². The minimum atomic E-state index is -5.42. The number of carbonyl (C=O) groups is 2. The average Bonchev–Trinajstić information content (AvgIpc) is 3.12. The molecular weight excluding hydrogens is 680 g/mol. The third-order valence-electron chi connectivity index (χ3n) is 11.5. The van der Waals surface area contributed by atoms with Gasteiger partial charge in [-0.3, -0.25) is 18.7 Å². The number of fused-ring (bicyclic) bond motifs is 3. The number of carboxylic acids is 1. The maximum atomic E-state index is 12.9. The van der Waals surface area contributed by atoms with E-state index in [0.29, 0.717) is 12.8 Å². The molecule has 5 N–H and O–H groups in total. The van der Waals surface area contributed by atoms with Gasteiger partial charge in [-0.25, -0.2) is 8.37 Å². The van der Waals surface area contributed by atoms with Gasteiger partial charge < -0.3 is 29.5 Å². The molecule has 0 amide bonds. The molecule has 0 aromatic rings. The van der Waals surface area contributed by atoms with Crippen molar-refractivity contribution in [3.05, 3.63) is 12.2 Å². The van der Waals surface area contributed by atoms with Crippen molar-refractivity contribution in [2.45, 2.75) is 115 Å². The standard InChI is InChI=1S/C30H46O16S2/c1-14(2)9-22(32)44-25-24(46-48(39,40)41)23(45-47(36,37)38)20(13-31)43-28(25)42-17-10-18(27(34)35)19-7-8-30-11-16(15(3)26(30)33)5-6-21(30)29(19,4)12-17/h14,16-21,23-26,28,31,33H,3,5-13H2,1-2,4H3,(H,34,35)(H,36,37,38)(H,39,40,41)/t16-,17-,18-,19-,20-,21-,23-,24+,25-,26-,28-,29+,30+/m0/s1. The molecule has 13 atom stereocenters. The van der Waals surface area contributed by atoms with E-state index in [2.05, 4.69) is 10.8 Å². The van der Waals surface area contributed by atoms with E-state index in [9.17, 15) is 50.8 Å². The van der Waals surface area contributed by atoms with Crippen molar-refractivity contribution in [3.63, 3.8) is 0 Å². The van der Waals surface area contributed by atoms with Crippen LogP contribution in [-0.2, 0) is 53.0 Å². The van der Waals surface area contributed by atoms with Gasteiger partial charge in [0.2, 0.25) is 0 Å². The molecule has 0 radical (unpaired) electrons. The zero-order chi connectivity index (χ0) is 35.6. The van der Waals surface area contributed by atoms with Crippen LogP contribution in [0.15, 0.2) is 12.2 Å². The number of aliphatic carboxylic acids is 1. The molecule has 1 aliphatic heterocycles. The summed E-state index contributed by atoms with van der Waals surface area (Å²) in [6, 6.07) is 0. The Kier molecular flexibility index (Phi) is 10.5. The van der Waals surface area contributed by atoms with Gasteiger partial charge in [-0.15, -0.1) is 0 Å². The number of carbonyl (C=O) groups excluding carboxylic acids is 1. The van der Waals surface area contributed by atoms with Crippen molar-refractivity contribution in [3.8, 4) is 0 Å². The van der Waals surface area contributed by atoms with Gasteiger partial charge in [-0.05, 0) is 79.6 Å². The lowest BCUT2D eigenvalue weighted by atomic mass is 9.43. The molecular formula is C30H46O16S2. The van der Waals surface area contributed by atoms with Crippen LogP contribution >= 0.6 is 0 Å². The molecule has 274 valence electrons. The summed E-state index contributed by atoms with van der Waals surface area (Å²) in [7, 11) is -10.8. The van der Waals surface area contributed by atoms with E-state index in [1.165, 1.54) is 0 Å². The largest absolute Gasteiger partial charge is 0.481 e. The molecule has 5 fully saturated rings. The van der Waals surface area contributed by atoms with Gasteiger partial charge in [0.1, 0.15) is 12.2 Å². The summed E-state index contributed by atoms with van der Waals surface area (Å²) in [5, 5.41) is 32.0. The minimum absolute atomic E-state index is 0.0156. The Hall–Kier alpha value is -1.74. The molecule has 4 aliphatic carbocycles. The second kappa shape index (κ2) is 13.4. The van der Waals surface area contributed by atoms with Crippen LogP contribution in [0.4, 0.5) is 0 Å². The van der Waals surface area contributed by atoms with Crippen LogP contribution in [0.2, 0.25) is 0 Å². The molecule has 1 spiro atoms. The van der Waals surface area contributed by atoms with Gasteiger partial charge in [-0.2, -0.15) is 16.8 Å². The summed E-state index contributed by atoms with van der Waals surface area (Å²) in [6.07, 6.45) is -7.93. The molecule has 0 unspecified atom stereocenters. The Labute approximate surface area is 280 Å². The highest BCUT2D eigenvalue weighted by molar-refractivity contribution is 7.81. The number of hydrogen-bond donors (Lipinski definition) is 5. The summed E-state index contributed by atoms with van der Waals surface area (Å²) in [5.41, 5.74) is -0.319. The molecule has 18 heteroatoms. The fourth-order valence-electron chi connectivity index (χ4n) is 9.82. The van der Waals surface area contributed by atoms with E-state index in [1.807, 2.05) is 6.92 Å². The molecule has 0 aromatic heterocycles. The van der Waals surface area contributed by atoms with Gasteiger partial charge in [0.05, 0.1) is 24.7 Å². The third-order valence-corrected chi connectivity index (χ3v) is 12.4. The summed E-state index contributed by atoms with van der Waals surface area (Å²) >= 11 is 0. The Morgan fingerprint density at radius 1 is 1.02 bits per heavy atom. The monoisotopic (exact) mass is 726 g/mol. The van der Waals surface area contributed by atoms with E-state index < -0.39 is 99.0 Å². The average molecular weight is 727 g/mol. The quantitative estimate of drug-likeness (QED) is 0.0879. The molecule has 5 aliphatic rings. The predicted octanol–water partition coefficient (Wildman–Crippen LogP) is 1.67. The number of carboxylic acid groups (broad SMARTS) is 1. The molecule has 5 rings (SSSR count). The number of aliphatic hydroxyl groups is 2. The first-order valence-electron chi connectivity index (χ1n) is 16.2.